The molecule has 5 aromatic rings. The predicted octanol–water partition coefficient (Wildman–Crippen LogP) is 5.33. The fourth-order valence-corrected chi connectivity index (χ4v) is 4.55. The van der Waals surface area contributed by atoms with E-state index in [0.29, 0.717) is 5.56 Å². The highest BCUT2D eigenvalue weighted by Crippen LogP contribution is 2.32. The third kappa shape index (κ3) is 4.11. The predicted molar refractivity (Wildman–Crippen MR) is 133 cm³/mol. The normalized spacial score (nSPS) is 14.6. The van der Waals surface area contributed by atoms with Gasteiger partial charge in [-0.05, 0) is 53.6 Å². The summed E-state index contributed by atoms with van der Waals surface area (Å²) in [5.74, 6) is -0.205. The van der Waals surface area contributed by atoms with Crippen LogP contribution in [-0.4, -0.2) is 41.2 Å². The first-order valence-electron chi connectivity index (χ1n) is 11.4. The Hall–Kier alpha value is -3.81. The Morgan fingerprint density at radius 2 is 1.91 bits per heavy atom. The van der Waals surface area contributed by atoms with Crippen LogP contribution in [0.25, 0.3) is 33.0 Å². The molecule has 0 radical (unpaired) electrons. The molecule has 2 N–H and O–H groups in total. The van der Waals surface area contributed by atoms with Gasteiger partial charge in [0.2, 0.25) is 0 Å². The number of hydrogen-bond donors (Lipinski definition) is 2. The molecule has 0 atom stereocenters. The maximum Gasteiger partial charge on any atom is 0.166 e. The summed E-state index contributed by atoms with van der Waals surface area (Å²) in [4.78, 5) is 6.84. The van der Waals surface area contributed by atoms with E-state index < -0.39 is 0 Å². The summed E-state index contributed by atoms with van der Waals surface area (Å²) in [6.45, 7) is 4.70. The molecule has 0 spiro atoms. The van der Waals surface area contributed by atoms with Gasteiger partial charge in [0.25, 0.3) is 0 Å². The Morgan fingerprint density at radius 1 is 1.00 bits per heavy atom. The zero-order chi connectivity index (χ0) is 22.9. The number of fused-ring (bicyclic) bond motifs is 2. The molecule has 170 valence electrons. The lowest BCUT2D eigenvalue weighted by Crippen LogP contribution is -2.42. The average Bonchev–Trinajstić information content (AvgIpc) is 3.33. The summed E-state index contributed by atoms with van der Waals surface area (Å²) >= 11 is 0. The zero-order valence-electron chi connectivity index (χ0n) is 18.6. The lowest BCUT2D eigenvalue weighted by atomic mass is 10.0. The standard InChI is InChI=1S/C27H24FN5O/c28-24-13-18(17-33-11-9-29-10-12-33)1-4-22(24)19-2-5-25-23(15-19)26(7-8-30-25)32-21-3-6-27-20(14-21)16-31-34-27/h1-8,13-16,29H,9-12,17H2,(H,30,32). The molecule has 6 rings (SSSR count). The summed E-state index contributed by atoms with van der Waals surface area (Å²) in [5.41, 5.74) is 5.81. The Kier molecular flexibility index (Phi) is 5.41. The highest BCUT2D eigenvalue weighted by molar-refractivity contribution is 5.96. The van der Waals surface area contributed by atoms with Gasteiger partial charge >= 0.3 is 0 Å². The molecule has 0 amide bonds. The summed E-state index contributed by atoms with van der Waals surface area (Å²) in [7, 11) is 0. The van der Waals surface area contributed by atoms with Gasteiger partial charge in [-0.3, -0.25) is 9.88 Å². The average molecular weight is 454 g/mol. The van der Waals surface area contributed by atoms with Gasteiger partial charge in [0, 0.05) is 66.6 Å². The van der Waals surface area contributed by atoms with Gasteiger partial charge in [0.05, 0.1) is 11.7 Å². The molecule has 0 saturated carbocycles. The van der Waals surface area contributed by atoms with E-state index in [1.807, 2.05) is 54.6 Å². The van der Waals surface area contributed by atoms with Crippen molar-refractivity contribution in [1.82, 2.24) is 20.4 Å². The molecule has 0 unspecified atom stereocenters. The molecule has 1 aliphatic rings. The van der Waals surface area contributed by atoms with E-state index in [-0.39, 0.29) is 5.82 Å². The van der Waals surface area contributed by atoms with Crippen LogP contribution in [0.15, 0.2) is 77.6 Å². The van der Waals surface area contributed by atoms with Crippen molar-refractivity contribution in [3.63, 3.8) is 0 Å². The van der Waals surface area contributed by atoms with Crippen LogP contribution in [0.3, 0.4) is 0 Å². The number of rotatable bonds is 5. The lowest BCUT2D eigenvalue weighted by molar-refractivity contribution is 0.233. The Balaban J connectivity index is 1.31. The first-order chi connectivity index (χ1) is 16.7. The highest BCUT2D eigenvalue weighted by atomic mass is 19.1. The van der Waals surface area contributed by atoms with Crippen LogP contribution in [-0.2, 0) is 6.54 Å². The van der Waals surface area contributed by atoms with Crippen molar-refractivity contribution in [3.8, 4) is 11.1 Å². The van der Waals surface area contributed by atoms with Crippen molar-refractivity contribution in [3.05, 3.63) is 84.4 Å². The zero-order valence-corrected chi connectivity index (χ0v) is 18.6. The second-order valence-corrected chi connectivity index (χ2v) is 8.63. The van der Waals surface area contributed by atoms with Gasteiger partial charge in [0.1, 0.15) is 5.82 Å². The number of nitrogens with one attached hydrogen (secondary N) is 2. The van der Waals surface area contributed by atoms with Gasteiger partial charge in [-0.15, -0.1) is 0 Å². The van der Waals surface area contributed by atoms with Gasteiger partial charge in [0.15, 0.2) is 5.58 Å². The van der Waals surface area contributed by atoms with Crippen molar-refractivity contribution in [1.29, 1.82) is 0 Å². The second-order valence-electron chi connectivity index (χ2n) is 8.63. The van der Waals surface area contributed by atoms with E-state index in [2.05, 4.69) is 25.7 Å². The molecular weight excluding hydrogens is 429 g/mol. The molecule has 7 heteroatoms. The van der Waals surface area contributed by atoms with Crippen molar-refractivity contribution < 1.29 is 8.91 Å². The molecule has 3 heterocycles. The Morgan fingerprint density at radius 3 is 2.79 bits per heavy atom. The van der Waals surface area contributed by atoms with E-state index in [9.17, 15) is 0 Å². The van der Waals surface area contributed by atoms with Crippen molar-refractivity contribution in [2.75, 3.05) is 31.5 Å². The minimum Gasteiger partial charge on any atom is -0.356 e. The lowest BCUT2D eigenvalue weighted by Gasteiger charge is -2.27. The molecule has 1 saturated heterocycles. The maximum atomic E-state index is 15.2. The largest absolute Gasteiger partial charge is 0.356 e. The van der Waals surface area contributed by atoms with Crippen LogP contribution in [0.4, 0.5) is 15.8 Å². The number of hydrogen-bond acceptors (Lipinski definition) is 6. The van der Waals surface area contributed by atoms with Crippen molar-refractivity contribution >= 4 is 33.2 Å². The quantitative estimate of drug-likeness (QED) is 0.375. The number of aromatic nitrogens is 2. The molecule has 1 aliphatic heterocycles. The Labute approximate surface area is 196 Å². The maximum absolute atomic E-state index is 15.2. The van der Waals surface area contributed by atoms with E-state index in [1.165, 1.54) is 0 Å². The van der Waals surface area contributed by atoms with Crippen LogP contribution in [0.5, 0.6) is 0 Å². The molecule has 1 fully saturated rings. The Bertz CT molecular complexity index is 1470. The van der Waals surface area contributed by atoms with E-state index >= 15 is 4.39 Å². The first-order valence-corrected chi connectivity index (χ1v) is 11.4. The number of piperazine rings is 1. The minimum absolute atomic E-state index is 0.205. The SMILES string of the molecule is Fc1cc(CN2CCNCC2)ccc1-c1ccc2nccc(Nc3ccc4oncc4c3)c2c1. The van der Waals surface area contributed by atoms with Crippen LogP contribution in [0.1, 0.15) is 5.56 Å². The van der Waals surface area contributed by atoms with Crippen molar-refractivity contribution in [2.24, 2.45) is 0 Å². The van der Waals surface area contributed by atoms with E-state index in [1.54, 1.807) is 18.5 Å². The summed E-state index contributed by atoms with van der Waals surface area (Å²) in [6, 6.07) is 19.2. The molecule has 34 heavy (non-hydrogen) atoms. The molecular formula is C27H24FN5O. The van der Waals surface area contributed by atoms with Crippen molar-refractivity contribution in [2.45, 2.75) is 6.54 Å². The second kappa shape index (κ2) is 8.85. The minimum atomic E-state index is -0.205. The number of nitrogens with zero attached hydrogens (tertiary/aromatic N) is 3. The fourth-order valence-electron chi connectivity index (χ4n) is 4.55. The molecule has 0 aliphatic carbocycles. The summed E-state index contributed by atoms with van der Waals surface area (Å²) < 4.78 is 20.4. The summed E-state index contributed by atoms with van der Waals surface area (Å²) in [5, 5.41) is 12.5. The van der Waals surface area contributed by atoms with Gasteiger partial charge in [-0.25, -0.2) is 4.39 Å². The number of benzene rings is 3. The van der Waals surface area contributed by atoms with E-state index in [0.717, 1.165) is 77.1 Å². The molecule has 6 nitrogen and oxygen atoms in total. The number of halogens is 1. The number of pyridine rings is 1. The molecule has 2 aromatic heterocycles. The summed E-state index contributed by atoms with van der Waals surface area (Å²) in [6.07, 6.45) is 3.46. The van der Waals surface area contributed by atoms with Gasteiger partial charge in [-0.1, -0.05) is 23.4 Å². The van der Waals surface area contributed by atoms with Crippen LogP contribution >= 0.6 is 0 Å². The monoisotopic (exact) mass is 453 g/mol. The van der Waals surface area contributed by atoms with Crippen LogP contribution < -0.4 is 10.6 Å². The third-order valence-electron chi connectivity index (χ3n) is 6.33. The van der Waals surface area contributed by atoms with Gasteiger partial charge < -0.3 is 15.2 Å². The first kappa shape index (κ1) is 20.8. The van der Waals surface area contributed by atoms with Crippen LogP contribution in [0.2, 0.25) is 0 Å². The highest BCUT2D eigenvalue weighted by Gasteiger charge is 2.13. The smallest absolute Gasteiger partial charge is 0.166 e. The fraction of sp³-hybridized carbons (Fsp3) is 0.185. The molecule has 3 aromatic carbocycles. The molecule has 0 bridgehead atoms. The van der Waals surface area contributed by atoms with E-state index in [4.69, 9.17) is 4.52 Å². The van der Waals surface area contributed by atoms with Gasteiger partial charge in [-0.2, -0.15) is 0 Å². The number of anilines is 2. The topological polar surface area (TPSA) is 66.2 Å². The van der Waals surface area contributed by atoms with Crippen LogP contribution in [0, 0.1) is 5.82 Å². The third-order valence-corrected chi connectivity index (χ3v) is 6.33.